The van der Waals surface area contributed by atoms with Gasteiger partial charge in [0.25, 0.3) is 0 Å². The van der Waals surface area contributed by atoms with Gasteiger partial charge in [0, 0.05) is 0 Å². The molecule has 0 radical (unpaired) electrons. The van der Waals surface area contributed by atoms with E-state index in [1.807, 2.05) is 0 Å². The third kappa shape index (κ3) is 1420. The Hall–Kier alpha value is 0.764. The van der Waals surface area contributed by atoms with Crippen LogP contribution in [0.4, 0.5) is 0 Å². The Morgan fingerprint density at radius 2 is 1.09 bits per heavy atom. The summed E-state index contributed by atoms with van der Waals surface area (Å²) in [7, 11) is -9.50. The quantitative estimate of drug-likeness (QED) is 0.166. The molecular formula is H6LiO8PSi. The summed E-state index contributed by atoms with van der Waals surface area (Å²) in [6, 6.07) is 0. The van der Waals surface area contributed by atoms with Gasteiger partial charge in [-0.25, -0.2) is 4.57 Å². The molecule has 11 heavy (non-hydrogen) atoms. The van der Waals surface area contributed by atoms with Crippen molar-refractivity contribution in [2.24, 2.45) is 0 Å². The smallest absolute Gasteiger partial charge is 0.794 e. The van der Waals surface area contributed by atoms with E-state index >= 15 is 0 Å². The fourth-order valence-corrected chi connectivity index (χ4v) is 0. The third-order valence-corrected chi connectivity index (χ3v) is 0. The van der Waals surface area contributed by atoms with Crippen LogP contribution < -0.4 is 23.7 Å². The van der Waals surface area contributed by atoms with Crippen LogP contribution in [0.1, 0.15) is 0 Å². The monoisotopic (exact) mass is 200 g/mol. The van der Waals surface area contributed by atoms with Crippen LogP contribution in [0, 0.1) is 0 Å². The van der Waals surface area contributed by atoms with Gasteiger partial charge < -0.3 is 33.9 Å². The van der Waals surface area contributed by atoms with Crippen LogP contribution in [0.15, 0.2) is 0 Å². The Balaban J connectivity index is -0.000000107. The van der Waals surface area contributed by atoms with Crippen LogP contribution >= 0.6 is 7.82 Å². The first-order chi connectivity index (χ1) is 4.00. The molecule has 0 aromatic heterocycles. The van der Waals surface area contributed by atoms with Crippen LogP contribution in [0.2, 0.25) is 0 Å². The molecule has 0 aromatic carbocycles. The second-order valence-corrected chi connectivity index (χ2v) is 3.26. The summed E-state index contributed by atoms with van der Waals surface area (Å²) in [6.45, 7) is 0. The van der Waals surface area contributed by atoms with Crippen molar-refractivity contribution in [1.82, 2.24) is 0 Å². The van der Waals surface area contributed by atoms with E-state index in [0.29, 0.717) is 0 Å². The van der Waals surface area contributed by atoms with Crippen LogP contribution in [0.25, 0.3) is 0 Å². The standard InChI is InChI=1S/Li.H3O4P.H3O4Si/c;2*1-5(2,3)4/h;(H3,1,2,3,4);1-3H/q+1;;-1. The average molecular weight is 200 g/mol. The molecular weight excluding hydrogens is 194 g/mol. The van der Waals surface area contributed by atoms with E-state index in [9.17, 15) is 0 Å². The third-order valence-electron chi connectivity index (χ3n) is 0. The maximum absolute atomic E-state index is 8.91. The zero-order valence-electron chi connectivity index (χ0n) is 5.45. The van der Waals surface area contributed by atoms with Crippen molar-refractivity contribution in [2.75, 3.05) is 0 Å². The molecule has 0 heterocycles. The summed E-state index contributed by atoms with van der Waals surface area (Å²) in [5, 5.41) is 0. The van der Waals surface area contributed by atoms with Gasteiger partial charge in [0.1, 0.15) is 0 Å². The molecule has 0 saturated carbocycles. The average Bonchev–Trinajstić information content (AvgIpc) is 1.12. The van der Waals surface area contributed by atoms with E-state index < -0.39 is 16.9 Å². The van der Waals surface area contributed by atoms with E-state index in [1.54, 1.807) is 0 Å². The van der Waals surface area contributed by atoms with Gasteiger partial charge in [-0.1, -0.05) is 0 Å². The molecule has 0 aliphatic carbocycles. The number of hydrogen-bond donors (Lipinski definition) is 6. The van der Waals surface area contributed by atoms with Crippen molar-refractivity contribution < 1.29 is 57.3 Å². The van der Waals surface area contributed by atoms with Crippen molar-refractivity contribution >= 4 is 16.9 Å². The normalized spacial score (nSPS) is 10.8. The summed E-state index contributed by atoms with van der Waals surface area (Å²) in [4.78, 5) is 52.1. The SMILES string of the molecule is O=P(O)(O)O.[Li+].[O-][Si](O)(O)O. The zero-order valence-corrected chi connectivity index (χ0v) is 7.34. The molecule has 0 spiro atoms. The van der Waals surface area contributed by atoms with E-state index in [2.05, 4.69) is 0 Å². The number of rotatable bonds is 0. The second-order valence-electron chi connectivity index (χ2n) is 1.09. The summed E-state index contributed by atoms with van der Waals surface area (Å²) < 4.78 is 8.88. The molecule has 6 N–H and O–H groups in total. The minimum absolute atomic E-state index is 0. The Morgan fingerprint density at radius 1 is 1.09 bits per heavy atom. The zero-order chi connectivity index (χ0) is 9.00. The molecule has 0 rings (SSSR count). The summed E-state index contributed by atoms with van der Waals surface area (Å²) in [6.07, 6.45) is 0. The van der Waals surface area contributed by atoms with Crippen molar-refractivity contribution in [3.63, 3.8) is 0 Å². The van der Waals surface area contributed by atoms with Gasteiger partial charge in [-0.3, -0.25) is 0 Å². The molecule has 0 aliphatic heterocycles. The Labute approximate surface area is 74.7 Å². The van der Waals surface area contributed by atoms with Crippen molar-refractivity contribution in [3.8, 4) is 0 Å². The molecule has 0 atom stereocenters. The van der Waals surface area contributed by atoms with Crippen LogP contribution in [0.5, 0.6) is 0 Å². The van der Waals surface area contributed by atoms with Crippen molar-refractivity contribution in [3.05, 3.63) is 0 Å². The van der Waals surface area contributed by atoms with E-state index in [-0.39, 0.29) is 18.9 Å². The first-order valence-corrected chi connectivity index (χ1v) is 4.97. The minimum atomic E-state index is -4.86. The van der Waals surface area contributed by atoms with E-state index in [1.165, 1.54) is 0 Å². The topological polar surface area (TPSA) is 162 Å². The summed E-state index contributed by atoms with van der Waals surface area (Å²) >= 11 is 0. The molecule has 0 amide bonds. The van der Waals surface area contributed by atoms with Crippen LogP contribution in [-0.4, -0.2) is 38.1 Å². The summed E-state index contributed by atoms with van der Waals surface area (Å²) in [5.41, 5.74) is 0. The van der Waals surface area contributed by atoms with Gasteiger partial charge in [-0.2, -0.15) is 0 Å². The first kappa shape index (κ1) is 17.7. The van der Waals surface area contributed by atoms with Gasteiger partial charge in [0.2, 0.25) is 0 Å². The maximum atomic E-state index is 8.91. The minimum Gasteiger partial charge on any atom is -0.794 e. The van der Waals surface area contributed by atoms with Crippen LogP contribution in [0.3, 0.4) is 0 Å². The molecule has 0 bridgehead atoms. The second kappa shape index (κ2) is 6.30. The Bertz CT molecular complexity index is 106. The maximum Gasteiger partial charge on any atom is 1.00 e. The van der Waals surface area contributed by atoms with Gasteiger partial charge in [0.15, 0.2) is 0 Å². The molecule has 0 aliphatic rings. The molecule has 64 valence electrons. The van der Waals surface area contributed by atoms with Gasteiger partial charge >= 0.3 is 35.7 Å². The van der Waals surface area contributed by atoms with Gasteiger partial charge in [-0.15, -0.1) is 0 Å². The van der Waals surface area contributed by atoms with Crippen molar-refractivity contribution in [2.45, 2.75) is 0 Å². The predicted molar refractivity (Wildman–Crippen MR) is 26.7 cm³/mol. The fourth-order valence-electron chi connectivity index (χ4n) is 0. The molecule has 8 nitrogen and oxygen atoms in total. The summed E-state index contributed by atoms with van der Waals surface area (Å²) in [5.74, 6) is 0. The Morgan fingerprint density at radius 3 is 1.09 bits per heavy atom. The van der Waals surface area contributed by atoms with Gasteiger partial charge in [-0.05, 0) is 0 Å². The van der Waals surface area contributed by atoms with Gasteiger partial charge in [0.05, 0.1) is 0 Å². The molecule has 0 unspecified atom stereocenters. The molecule has 0 fully saturated rings. The number of hydrogen-bond acceptors (Lipinski definition) is 5. The predicted octanol–water partition coefficient (Wildman–Crippen LogP) is -7.17. The first-order valence-electron chi connectivity index (χ1n) is 1.66. The molecule has 0 saturated heterocycles. The largest absolute Gasteiger partial charge is 1.00 e. The molecule has 11 heteroatoms. The van der Waals surface area contributed by atoms with E-state index in [0.717, 1.165) is 0 Å². The molecule has 0 aromatic rings. The fraction of sp³-hybridized carbons (Fsp3) is 0. The number of phosphoric acid groups is 1. The Kier molecular flexibility index (Phi) is 10.2. The van der Waals surface area contributed by atoms with Crippen molar-refractivity contribution in [1.29, 1.82) is 0 Å². The van der Waals surface area contributed by atoms with Crippen LogP contribution in [-0.2, 0) is 4.57 Å². The van der Waals surface area contributed by atoms with E-state index in [4.69, 9.17) is 38.4 Å².